The highest BCUT2D eigenvalue weighted by atomic mass is 16.6. The molecule has 0 saturated heterocycles. The standard InChI is InChI=1S/C18H18NO4/c1-12(2)13-6-3-4-7-14(13)15-8-5-9-17(19(22)23)16(15)10-11-18(20)21/h3-4,6-12H,5H2,1-2H3,(H,20,21). The molecule has 5 nitrogen and oxygen atoms in total. The molecule has 1 aliphatic rings. The van der Waals surface area contributed by atoms with E-state index in [0.29, 0.717) is 17.6 Å². The minimum absolute atomic E-state index is 0.0569. The van der Waals surface area contributed by atoms with Crippen LogP contribution in [0.2, 0.25) is 0 Å². The van der Waals surface area contributed by atoms with Crippen LogP contribution < -0.4 is 0 Å². The lowest BCUT2D eigenvalue weighted by Crippen LogP contribution is -2.10. The SMILES string of the molecule is CC(C)c1ccccc1C1=CC[CH]C([N+](=O)[O-])=C1C=CC(=O)O. The van der Waals surface area contributed by atoms with E-state index in [9.17, 15) is 14.9 Å². The van der Waals surface area contributed by atoms with Gasteiger partial charge in [-0.15, -0.1) is 0 Å². The average molecular weight is 312 g/mol. The van der Waals surface area contributed by atoms with E-state index < -0.39 is 10.9 Å². The lowest BCUT2D eigenvalue weighted by Gasteiger charge is -2.19. The smallest absolute Gasteiger partial charge is 0.328 e. The molecule has 5 heteroatoms. The Bertz CT molecular complexity index is 726. The fourth-order valence-electron chi connectivity index (χ4n) is 2.65. The molecule has 0 spiro atoms. The fraction of sp³-hybridized carbons (Fsp3) is 0.222. The highest BCUT2D eigenvalue weighted by Crippen LogP contribution is 2.36. The van der Waals surface area contributed by atoms with Crippen LogP contribution in [0.25, 0.3) is 5.57 Å². The van der Waals surface area contributed by atoms with Crippen LogP contribution in [0, 0.1) is 16.5 Å². The van der Waals surface area contributed by atoms with Crippen molar-refractivity contribution in [1.29, 1.82) is 0 Å². The predicted molar refractivity (Wildman–Crippen MR) is 88.2 cm³/mol. The van der Waals surface area contributed by atoms with Crippen LogP contribution in [0.4, 0.5) is 0 Å². The van der Waals surface area contributed by atoms with Gasteiger partial charge in [0.15, 0.2) is 0 Å². The van der Waals surface area contributed by atoms with Crippen LogP contribution in [-0.2, 0) is 4.79 Å². The molecule has 0 bridgehead atoms. The minimum atomic E-state index is -1.14. The summed E-state index contributed by atoms with van der Waals surface area (Å²) in [5.74, 6) is -0.885. The van der Waals surface area contributed by atoms with Gasteiger partial charge in [-0.2, -0.15) is 0 Å². The summed E-state index contributed by atoms with van der Waals surface area (Å²) < 4.78 is 0. The molecule has 0 amide bonds. The Morgan fingerprint density at radius 2 is 2.04 bits per heavy atom. The van der Waals surface area contributed by atoms with Gasteiger partial charge < -0.3 is 5.11 Å². The van der Waals surface area contributed by atoms with Crippen molar-refractivity contribution in [1.82, 2.24) is 0 Å². The number of nitrogens with zero attached hydrogens (tertiary/aromatic N) is 1. The van der Waals surface area contributed by atoms with Gasteiger partial charge in [0, 0.05) is 6.08 Å². The van der Waals surface area contributed by atoms with E-state index in [2.05, 4.69) is 13.8 Å². The van der Waals surface area contributed by atoms with Crippen molar-refractivity contribution in [3.63, 3.8) is 0 Å². The lowest BCUT2D eigenvalue weighted by molar-refractivity contribution is -0.422. The summed E-state index contributed by atoms with van der Waals surface area (Å²) in [5, 5.41) is 20.2. The van der Waals surface area contributed by atoms with E-state index in [-0.39, 0.29) is 11.6 Å². The van der Waals surface area contributed by atoms with Crippen LogP contribution in [0.1, 0.15) is 37.3 Å². The maximum Gasteiger partial charge on any atom is 0.328 e. The van der Waals surface area contributed by atoms with Crippen molar-refractivity contribution in [3.8, 4) is 0 Å². The summed E-state index contributed by atoms with van der Waals surface area (Å²) in [5.41, 5.74) is 2.96. The van der Waals surface area contributed by atoms with Gasteiger partial charge in [-0.1, -0.05) is 44.2 Å². The van der Waals surface area contributed by atoms with Gasteiger partial charge in [-0.3, -0.25) is 10.1 Å². The van der Waals surface area contributed by atoms with E-state index in [4.69, 9.17) is 5.11 Å². The monoisotopic (exact) mass is 312 g/mol. The first kappa shape index (κ1) is 16.7. The lowest BCUT2D eigenvalue weighted by atomic mass is 9.84. The number of hydrogen-bond donors (Lipinski definition) is 1. The van der Waals surface area contributed by atoms with Crippen molar-refractivity contribution in [2.75, 3.05) is 0 Å². The number of aliphatic carboxylic acids is 1. The normalized spacial score (nSPS) is 15.2. The summed E-state index contributed by atoms with van der Waals surface area (Å²) in [6, 6.07) is 7.71. The zero-order valence-electron chi connectivity index (χ0n) is 13.0. The number of carboxylic acid groups (broad SMARTS) is 1. The Morgan fingerprint density at radius 1 is 1.35 bits per heavy atom. The van der Waals surface area contributed by atoms with Crippen molar-refractivity contribution in [2.24, 2.45) is 0 Å². The van der Waals surface area contributed by atoms with Crippen LogP contribution in [0.15, 0.2) is 53.8 Å². The van der Waals surface area contributed by atoms with E-state index in [1.165, 1.54) is 12.5 Å². The van der Waals surface area contributed by atoms with Gasteiger partial charge in [0.2, 0.25) is 0 Å². The van der Waals surface area contributed by atoms with Gasteiger partial charge in [0.1, 0.15) is 0 Å². The molecule has 0 fully saturated rings. The first-order valence-electron chi connectivity index (χ1n) is 7.34. The summed E-state index contributed by atoms with van der Waals surface area (Å²) in [4.78, 5) is 21.7. The molecule has 1 radical (unpaired) electrons. The Labute approximate surface area is 134 Å². The second-order valence-electron chi connectivity index (χ2n) is 5.53. The van der Waals surface area contributed by atoms with Crippen molar-refractivity contribution < 1.29 is 14.8 Å². The highest BCUT2D eigenvalue weighted by molar-refractivity contribution is 5.88. The molecule has 2 rings (SSSR count). The van der Waals surface area contributed by atoms with Crippen LogP contribution in [0.5, 0.6) is 0 Å². The van der Waals surface area contributed by atoms with Crippen molar-refractivity contribution in [2.45, 2.75) is 26.2 Å². The van der Waals surface area contributed by atoms with Crippen LogP contribution in [-0.4, -0.2) is 16.0 Å². The first-order chi connectivity index (χ1) is 10.9. The number of allylic oxidation sites excluding steroid dienone is 5. The Kier molecular flexibility index (Phi) is 5.11. The molecular formula is C18H18NO4. The number of carbonyl (C=O) groups is 1. The number of carboxylic acids is 1. The molecule has 1 aliphatic carbocycles. The first-order valence-corrected chi connectivity index (χ1v) is 7.34. The zero-order valence-corrected chi connectivity index (χ0v) is 13.0. The third-order valence-corrected chi connectivity index (χ3v) is 3.66. The van der Waals surface area contributed by atoms with Crippen LogP contribution in [0.3, 0.4) is 0 Å². The van der Waals surface area contributed by atoms with Gasteiger partial charge in [-0.25, -0.2) is 4.79 Å². The van der Waals surface area contributed by atoms with E-state index in [0.717, 1.165) is 17.2 Å². The van der Waals surface area contributed by atoms with Crippen molar-refractivity contribution in [3.05, 3.63) is 81.4 Å². The van der Waals surface area contributed by atoms with Gasteiger partial charge >= 0.3 is 5.97 Å². The zero-order chi connectivity index (χ0) is 17.0. The number of hydrogen-bond acceptors (Lipinski definition) is 3. The van der Waals surface area contributed by atoms with Gasteiger partial charge in [0.05, 0.1) is 16.9 Å². The summed E-state index contributed by atoms with van der Waals surface area (Å²) in [7, 11) is 0. The number of nitro groups is 1. The Balaban J connectivity index is 2.62. The quantitative estimate of drug-likeness (QED) is 0.506. The van der Waals surface area contributed by atoms with E-state index in [1.54, 1.807) is 0 Å². The maximum atomic E-state index is 11.3. The molecule has 0 aromatic heterocycles. The summed E-state index contributed by atoms with van der Waals surface area (Å²) in [6.45, 7) is 4.11. The number of rotatable bonds is 5. The second kappa shape index (κ2) is 7.05. The average Bonchev–Trinajstić information content (AvgIpc) is 2.52. The van der Waals surface area contributed by atoms with E-state index in [1.807, 2.05) is 30.3 Å². The molecular weight excluding hydrogens is 294 g/mol. The second-order valence-corrected chi connectivity index (χ2v) is 5.53. The molecule has 0 aliphatic heterocycles. The predicted octanol–water partition coefficient (Wildman–Crippen LogP) is 3.97. The maximum absolute atomic E-state index is 11.3. The molecule has 23 heavy (non-hydrogen) atoms. The fourth-order valence-corrected chi connectivity index (χ4v) is 2.65. The third kappa shape index (κ3) is 3.74. The molecule has 119 valence electrons. The summed E-state index contributed by atoms with van der Waals surface area (Å²) >= 11 is 0. The minimum Gasteiger partial charge on any atom is -0.478 e. The number of benzene rings is 1. The topological polar surface area (TPSA) is 80.4 Å². The molecule has 0 atom stereocenters. The molecule has 0 heterocycles. The molecule has 0 saturated carbocycles. The molecule has 0 unspecified atom stereocenters. The third-order valence-electron chi connectivity index (χ3n) is 3.66. The Hall–Kier alpha value is -2.69. The van der Waals surface area contributed by atoms with Gasteiger partial charge in [0.25, 0.3) is 5.70 Å². The van der Waals surface area contributed by atoms with Gasteiger partial charge in [-0.05, 0) is 35.1 Å². The molecule has 1 aromatic carbocycles. The van der Waals surface area contributed by atoms with Crippen LogP contribution >= 0.6 is 0 Å². The largest absolute Gasteiger partial charge is 0.478 e. The molecule has 1 N–H and O–H groups in total. The van der Waals surface area contributed by atoms with E-state index >= 15 is 0 Å². The molecule has 1 aromatic rings. The Morgan fingerprint density at radius 3 is 2.65 bits per heavy atom. The summed E-state index contributed by atoms with van der Waals surface area (Å²) in [6.07, 6.45) is 6.09. The van der Waals surface area contributed by atoms with Crippen molar-refractivity contribution >= 4 is 11.5 Å². The highest BCUT2D eigenvalue weighted by Gasteiger charge is 2.25.